The van der Waals surface area contributed by atoms with Gasteiger partial charge in [0.2, 0.25) is 10.0 Å². The zero-order valence-electron chi connectivity index (χ0n) is 12.9. The highest BCUT2D eigenvalue weighted by atomic mass is 32.2. The minimum Gasteiger partial charge on any atom is -0.270 e. The summed E-state index contributed by atoms with van der Waals surface area (Å²) in [5.74, 6) is 0.320. The third-order valence-corrected chi connectivity index (χ3v) is 5.95. The van der Waals surface area contributed by atoms with Gasteiger partial charge in [0, 0.05) is 18.9 Å². The molecule has 4 nitrogen and oxygen atoms in total. The number of nitrogens with zero attached hydrogens (tertiary/aromatic N) is 2. The Balaban J connectivity index is 1.94. The van der Waals surface area contributed by atoms with E-state index in [1.165, 1.54) is 0 Å². The van der Waals surface area contributed by atoms with Gasteiger partial charge >= 0.3 is 0 Å². The van der Waals surface area contributed by atoms with E-state index in [1.807, 2.05) is 44.3 Å². The lowest BCUT2D eigenvalue weighted by atomic mass is 10.0. The third kappa shape index (κ3) is 2.86. The minimum atomic E-state index is -3.23. The molecule has 2 aromatic rings. The van der Waals surface area contributed by atoms with E-state index in [9.17, 15) is 8.42 Å². The smallest absolute Gasteiger partial charge is 0.235 e. The fraction of sp³-hybridized carbons (Fsp3) is 0.353. The van der Waals surface area contributed by atoms with Crippen molar-refractivity contribution in [3.05, 3.63) is 48.3 Å². The zero-order valence-corrected chi connectivity index (χ0v) is 13.7. The Labute approximate surface area is 131 Å². The van der Waals surface area contributed by atoms with Crippen LogP contribution in [0.4, 0.5) is 5.69 Å². The van der Waals surface area contributed by atoms with Gasteiger partial charge in [0.15, 0.2) is 0 Å². The summed E-state index contributed by atoms with van der Waals surface area (Å²) in [6.07, 6.45) is 4.34. The van der Waals surface area contributed by atoms with Crippen molar-refractivity contribution in [1.82, 2.24) is 4.98 Å². The van der Waals surface area contributed by atoms with Crippen LogP contribution < -0.4 is 4.31 Å². The summed E-state index contributed by atoms with van der Waals surface area (Å²) in [7, 11) is -3.23. The lowest BCUT2D eigenvalue weighted by Crippen LogP contribution is -2.32. The first kappa shape index (κ1) is 15.0. The molecule has 0 amide bonds. The van der Waals surface area contributed by atoms with Gasteiger partial charge in [-0.2, -0.15) is 0 Å². The molecule has 1 aliphatic heterocycles. The predicted molar refractivity (Wildman–Crippen MR) is 89.3 cm³/mol. The monoisotopic (exact) mass is 316 g/mol. The van der Waals surface area contributed by atoms with E-state index in [0.717, 1.165) is 28.8 Å². The molecule has 2 heterocycles. The maximum absolute atomic E-state index is 12.5. The Kier molecular flexibility index (Phi) is 3.91. The molecular formula is C17H20N2O2S. The summed E-state index contributed by atoms with van der Waals surface area (Å²) in [6, 6.07) is 9.89. The molecule has 1 aromatic carbocycles. The molecule has 116 valence electrons. The third-order valence-electron chi connectivity index (χ3n) is 3.81. The van der Waals surface area contributed by atoms with Crippen LogP contribution >= 0.6 is 0 Å². The van der Waals surface area contributed by atoms with Crippen molar-refractivity contribution in [3.63, 3.8) is 0 Å². The fourth-order valence-electron chi connectivity index (χ4n) is 2.88. The van der Waals surface area contributed by atoms with Gasteiger partial charge in [0.05, 0.1) is 11.4 Å². The van der Waals surface area contributed by atoms with Crippen LogP contribution in [0.5, 0.6) is 0 Å². The van der Waals surface area contributed by atoms with E-state index < -0.39 is 10.0 Å². The molecular weight excluding hydrogens is 296 g/mol. The van der Waals surface area contributed by atoms with E-state index >= 15 is 0 Å². The molecule has 0 saturated heterocycles. The van der Waals surface area contributed by atoms with Crippen LogP contribution in [-0.2, 0) is 16.4 Å². The average molecular weight is 316 g/mol. The second kappa shape index (κ2) is 5.72. The Morgan fingerprint density at radius 2 is 2.05 bits per heavy atom. The summed E-state index contributed by atoms with van der Waals surface area (Å²) < 4.78 is 26.5. The van der Waals surface area contributed by atoms with Crippen molar-refractivity contribution in [3.8, 4) is 11.1 Å². The van der Waals surface area contributed by atoms with Gasteiger partial charge in [-0.25, -0.2) is 8.42 Å². The van der Waals surface area contributed by atoms with Crippen LogP contribution in [0.1, 0.15) is 19.4 Å². The van der Waals surface area contributed by atoms with Crippen molar-refractivity contribution >= 4 is 15.7 Å². The van der Waals surface area contributed by atoms with Crippen LogP contribution in [0.3, 0.4) is 0 Å². The average Bonchev–Trinajstić information content (AvgIpc) is 2.90. The Morgan fingerprint density at radius 3 is 2.73 bits per heavy atom. The molecule has 0 radical (unpaired) electrons. The number of fused-ring (bicyclic) bond motifs is 1. The van der Waals surface area contributed by atoms with Crippen molar-refractivity contribution in [2.24, 2.45) is 5.92 Å². The van der Waals surface area contributed by atoms with E-state index in [-0.39, 0.29) is 11.7 Å². The van der Waals surface area contributed by atoms with E-state index in [0.29, 0.717) is 6.54 Å². The fourth-order valence-corrected chi connectivity index (χ4v) is 4.75. The highest BCUT2D eigenvalue weighted by Gasteiger charge is 2.29. The molecule has 0 unspecified atom stereocenters. The number of benzene rings is 1. The van der Waals surface area contributed by atoms with Gasteiger partial charge in [-0.1, -0.05) is 26.0 Å². The molecule has 0 N–H and O–H groups in total. The van der Waals surface area contributed by atoms with Crippen LogP contribution in [0.25, 0.3) is 11.1 Å². The van der Waals surface area contributed by atoms with Crippen molar-refractivity contribution in [1.29, 1.82) is 0 Å². The molecule has 0 bridgehead atoms. The molecule has 0 atom stereocenters. The predicted octanol–water partition coefficient (Wildman–Crippen LogP) is 3.10. The number of hydrogen-bond acceptors (Lipinski definition) is 3. The normalized spacial score (nSPS) is 14.4. The highest BCUT2D eigenvalue weighted by molar-refractivity contribution is 7.92. The first-order valence-corrected chi connectivity index (χ1v) is 9.12. The van der Waals surface area contributed by atoms with Gasteiger partial charge in [0.1, 0.15) is 0 Å². The van der Waals surface area contributed by atoms with Crippen LogP contribution in [0, 0.1) is 5.92 Å². The highest BCUT2D eigenvalue weighted by Crippen LogP contribution is 2.34. The lowest BCUT2D eigenvalue weighted by Gasteiger charge is -2.21. The van der Waals surface area contributed by atoms with Crippen molar-refractivity contribution in [2.75, 3.05) is 16.6 Å². The second-order valence-corrected chi connectivity index (χ2v) is 8.02. The molecule has 1 aromatic heterocycles. The molecule has 0 spiro atoms. The molecule has 0 saturated carbocycles. The second-order valence-electron chi connectivity index (χ2n) is 6.08. The topological polar surface area (TPSA) is 50.3 Å². The Hall–Kier alpha value is -1.88. The van der Waals surface area contributed by atoms with Crippen molar-refractivity contribution < 1.29 is 8.42 Å². The van der Waals surface area contributed by atoms with Gasteiger partial charge in [-0.15, -0.1) is 0 Å². The number of pyridine rings is 1. The standard InChI is InChI=1S/C17H20N2O2S/c1-13(2)12-22(20,21)19-9-7-15-10-14(5-6-17(15)19)16-4-3-8-18-11-16/h3-6,8,10-11,13H,7,9,12H2,1-2H3. The van der Waals surface area contributed by atoms with Crippen LogP contribution in [-0.4, -0.2) is 25.7 Å². The quantitative estimate of drug-likeness (QED) is 0.871. The molecule has 5 heteroatoms. The number of rotatable bonds is 4. The van der Waals surface area contributed by atoms with Gasteiger partial charge in [0.25, 0.3) is 0 Å². The molecule has 0 aliphatic carbocycles. The number of sulfonamides is 1. The maximum Gasteiger partial charge on any atom is 0.235 e. The summed E-state index contributed by atoms with van der Waals surface area (Å²) >= 11 is 0. The summed E-state index contributed by atoms with van der Waals surface area (Å²) in [4.78, 5) is 4.14. The van der Waals surface area contributed by atoms with Gasteiger partial charge < -0.3 is 0 Å². The largest absolute Gasteiger partial charge is 0.270 e. The SMILES string of the molecule is CC(C)CS(=O)(=O)N1CCc2cc(-c3cccnc3)ccc21. The van der Waals surface area contributed by atoms with Crippen LogP contribution in [0.15, 0.2) is 42.7 Å². The molecule has 1 aliphatic rings. The van der Waals surface area contributed by atoms with E-state index in [4.69, 9.17) is 0 Å². The zero-order chi connectivity index (χ0) is 15.7. The van der Waals surface area contributed by atoms with E-state index in [2.05, 4.69) is 11.1 Å². The van der Waals surface area contributed by atoms with Gasteiger partial charge in [-0.3, -0.25) is 9.29 Å². The summed E-state index contributed by atoms with van der Waals surface area (Å²) in [6.45, 7) is 4.40. The first-order valence-electron chi connectivity index (χ1n) is 7.51. The summed E-state index contributed by atoms with van der Waals surface area (Å²) in [5.41, 5.74) is 4.05. The lowest BCUT2D eigenvalue weighted by molar-refractivity contribution is 0.578. The Morgan fingerprint density at radius 1 is 1.23 bits per heavy atom. The molecule has 22 heavy (non-hydrogen) atoms. The first-order chi connectivity index (χ1) is 10.5. The molecule has 3 rings (SSSR count). The summed E-state index contributed by atoms with van der Waals surface area (Å²) in [5, 5.41) is 0. The van der Waals surface area contributed by atoms with E-state index in [1.54, 1.807) is 10.5 Å². The van der Waals surface area contributed by atoms with Crippen LogP contribution in [0.2, 0.25) is 0 Å². The number of anilines is 1. The molecule has 0 fully saturated rings. The number of aromatic nitrogens is 1. The number of hydrogen-bond donors (Lipinski definition) is 0. The maximum atomic E-state index is 12.5. The van der Waals surface area contributed by atoms with Gasteiger partial charge in [-0.05, 0) is 47.2 Å². The Bertz CT molecular complexity index is 771. The van der Waals surface area contributed by atoms with Crippen molar-refractivity contribution in [2.45, 2.75) is 20.3 Å². The minimum absolute atomic E-state index is 0.128.